The third-order valence-electron chi connectivity index (χ3n) is 4.78. The van der Waals surface area contributed by atoms with Gasteiger partial charge in [0.15, 0.2) is 17.2 Å². The van der Waals surface area contributed by atoms with E-state index >= 15 is 0 Å². The Morgan fingerprint density at radius 3 is 2.38 bits per heavy atom. The second kappa shape index (κ2) is 10.6. The van der Waals surface area contributed by atoms with Gasteiger partial charge >= 0.3 is 0 Å². The molecule has 0 unspecified atom stereocenters. The molecule has 1 aromatic heterocycles. The molecule has 0 bridgehead atoms. The lowest BCUT2D eigenvalue weighted by molar-refractivity contribution is 0.0949. The zero-order valence-corrected chi connectivity index (χ0v) is 18.8. The number of carbonyl (C=O) groups is 1. The van der Waals surface area contributed by atoms with Crippen LogP contribution in [0.3, 0.4) is 0 Å². The van der Waals surface area contributed by atoms with Gasteiger partial charge in [0.25, 0.3) is 11.5 Å². The van der Waals surface area contributed by atoms with Crippen molar-refractivity contribution in [2.75, 3.05) is 13.2 Å². The van der Waals surface area contributed by atoms with Crippen LogP contribution in [0.5, 0.6) is 11.5 Å². The number of hydrogen-bond acceptors (Lipinski definition) is 6. The highest BCUT2D eigenvalue weighted by molar-refractivity contribution is 6.06. The van der Waals surface area contributed by atoms with E-state index in [1.807, 2.05) is 32.0 Å². The topological polar surface area (TPSA) is 94.8 Å². The van der Waals surface area contributed by atoms with Crippen molar-refractivity contribution < 1.29 is 14.3 Å². The summed E-state index contributed by atoms with van der Waals surface area (Å²) in [4.78, 5) is 25.1. The highest BCUT2D eigenvalue weighted by Gasteiger charge is 2.15. The summed E-state index contributed by atoms with van der Waals surface area (Å²) in [6.45, 7) is 7.05. The molecule has 8 nitrogen and oxygen atoms in total. The normalized spacial score (nSPS) is 11.4. The van der Waals surface area contributed by atoms with Gasteiger partial charge in [0, 0.05) is 18.0 Å². The monoisotopic (exact) mass is 436 g/mol. The van der Waals surface area contributed by atoms with E-state index in [1.165, 1.54) is 7.05 Å². The molecule has 0 saturated carbocycles. The first kappa shape index (κ1) is 23.0. The molecule has 3 aromatic rings. The summed E-state index contributed by atoms with van der Waals surface area (Å²) in [7, 11) is 1.51. The minimum atomic E-state index is -0.499. The van der Waals surface area contributed by atoms with Crippen LogP contribution in [0.1, 0.15) is 49.7 Å². The number of nitrogens with zero attached hydrogens (tertiary/aromatic N) is 3. The first-order valence-corrected chi connectivity index (χ1v) is 10.7. The van der Waals surface area contributed by atoms with Gasteiger partial charge in [0.2, 0.25) is 0 Å². The van der Waals surface area contributed by atoms with Crippen molar-refractivity contribution in [3.8, 4) is 11.5 Å². The van der Waals surface area contributed by atoms with E-state index in [1.54, 1.807) is 31.2 Å². The molecule has 1 heterocycles. The predicted molar refractivity (Wildman–Crippen MR) is 125 cm³/mol. The molecule has 0 aliphatic carbocycles. The fourth-order valence-corrected chi connectivity index (χ4v) is 3.11. The standard InChI is InChI=1S/C24H28N4O4/c1-5-13-31-20-12-11-17(15-21(20)32-14-6-2)16(3)25-26-23(29)22-18-9-7-8-10-19(18)24(30)28(4)27-22/h7-12,15H,5-6,13-14H2,1-4H3,(H,26,29)/b25-16+. The minimum Gasteiger partial charge on any atom is -0.490 e. The van der Waals surface area contributed by atoms with Crippen LogP contribution in [-0.4, -0.2) is 34.6 Å². The largest absolute Gasteiger partial charge is 0.490 e. The Morgan fingerprint density at radius 1 is 1.03 bits per heavy atom. The van der Waals surface area contributed by atoms with Crippen LogP contribution in [0, 0.1) is 0 Å². The fourth-order valence-electron chi connectivity index (χ4n) is 3.11. The third-order valence-corrected chi connectivity index (χ3v) is 4.78. The van der Waals surface area contributed by atoms with Gasteiger partial charge in [-0.15, -0.1) is 0 Å². The van der Waals surface area contributed by atoms with Crippen molar-refractivity contribution in [3.05, 3.63) is 64.1 Å². The summed E-state index contributed by atoms with van der Waals surface area (Å²) >= 11 is 0. The van der Waals surface area contributed by atoms with Crippen molar-refractivity contribution in [1.29, 1.82) is 0 Å². The molecule has 0 aliphatic rings. The molecular weight excluding hydrogens is 408 g/mol. The fraction of sp³-hybridized carbons (Fsp3) is 0.333. The van der Waals surface area contributed by atoms with Gasteiger partial charge in [-0.25, -0.2) is 10.1 Å². The van der Waals surface area contributed by atoms with Gasteiger partial charge in [0.05, 0.1) is 24.3 Å². The SMILES string of the molecule is CCCOc1ccc(/C(C)=N/NC(=O)c2nn(C)c(=O)c3ccccc23)cc1OCCC. The lowest BCUT2D eigenvalue weighted by atomic mass is 10.1. The quantitative estimate of drug-likeness (QED) is 0.408. The van der Waals surface area contributed by atoms with Crippen LogP contribution < -0.4 is 20.5 Å². The van der Waals surface area contributed by atoms with E-state index in [0.29, 0.717) is 41.2 Å². The van der Waals surface area contributed by atoms with E-state index < -0.39 is 5.91 Å². The molecule has 0 atom stereocenters. The van der Waals surface area contributed by atoms with Gasteiger partial charge in [0.1, 0.15) is 0 Å². The Bertz CT molecular complexity index is 1200. The predicted octanol–water partition coefficient (Wildman–Crippen LogP) is 3.67. The molecule has 0 saturated heterocycles. The Balaban J connectivity index is 1.85. The summed E-state index contributed by atoms with van der Waals surface area (Å²) in [5, 5.41) is 9.27. The van der Waals surface area contributed by atoms with E-state index in [2.05, 4.69) is 15.6 Å². The smallest absolute Gasteiger partial charge is 0.292 e. The van der Waals surface area contributed by atoms with Gasteiger partial charge in [-0.3, -0.25) is 9.59 Å². The first-order valence-electron chi connectivity index (χ1n) is 10.7. The average molecular weight is 437 g/mol. The Kier molecular flexibility index (Phi) is 7.59. The molecule has 32 heavy (non-hydrogen) atoms. The van der Waals surface area contributed by atoms with Gasteiger partial charge in [-0.2, -0.15) is 10.2 Å². The maximum atomic E-state index is 12.8. The average Bonchev–Trinajstić information content (AvgIpc) is 2.82. The molecule has 0 aliphatic heterocycles. The highest BCUT2D eigenvalue weighted by atomic mass is 16.5. The second-order valence-corrected chi connectivity index (χ2v) is 7.32. The highest BCUT2D eigenvalue weighted by Crippen LogP contribution is 2.29. The summed E-state index contributed by atoms with van der Waals surface area (Å²) in [6, 6.07) is 12.4. The lowest BCUT2D eigenvalue weighted by Crippen LogP contribution is -2.27. The van der Waals surface area contributed by atoms with Crippen LogP contribution in [-0.2, 0) is 7.05 Å². The molecule has 0 spiro atoms. The molecule has 8 heteroatoms. The van der Waals surface area contributed by atoms with Crippen molar-refractivity contribution in [2.24, 2.45) is 12.1 Å². The van der Waals surface area contributed by atoms with Crippen molar-refractivity contribution in [1.82, 2.24) is 15.2 Å². The number of ether oxygens (including phenoxy) is 2. The number of amides is 1. The van der Waals surface area contributed by atoms with E-state index in [4.69, 9.17) is 9.47 Å². The number of fused-ring (bicyclic) bond motifs is 1. The van der Waals surface area contributed by atoms with Crippen molar-refractivity contribution in [3.63, 3.8) is 0 Å². The van der Waals surface area contributed by atoms with Crippen LogP contribution in [0.15, 0.2) is 52.4 Å². The van der Waals surface area contributed by atoms with Crippen LogP contribution in [0.25, 0.3) is 10.8 Å². The zero-order valence-electron chi connectivity index (χ0n) is 18.8. The molecule has 1 amide bonds. The Morgan fingerprint density at radius 2 is 1.69 bits per heavy atom. The lowest BCUT2D eigenvalue weighted by Gasteiger charge is -2.13. The van der Waals surface area contributed by atoms with E-state index in [9.17, 15) is 9.59 Å². The zero-order chi connectivity index (χ0) is 23.1. The number of hydrazone groups is 1. The maximum absolute atomic E-state index is 12.8. The van der Waals surface area contributed by atoms with E-state index in [-0.39, 0.29) is 11.3 Å². The van der Waals surface area contributed by atoms with Crippen LogP contribution in [0.2, 0.25) is 0 Å². The number of rotatable bonds is 9. The summed E-state index contributed by atoms with van der Waals surface area (Å²) < 4.78 is 12.8. The molecule has 2 aromatic carbocycles. The number of carbonyl (C=O) groups excluding carboxylic acids is 1. The number of hydrogen-bond donors (Lipinski definition) is 1. The third kappa shape index (κ3) is 5.14. The maximum Gasteiger partial charge on any atom is 0.292 e. The molecule has 168 valence electrons. The van der Waals surface area contributed by atoms with Crippen LogP contribution >= 0.6 is 0 Å². The minimum absolute atomic E-state index is 0.134. The molecular formula is C24H28N4O4. The number of aryl methyl sites for hydroxylation is 1. The molecule has 0 radical (unpaired) electrons. The van der Waals surface area contributed by atoms with Crippen LogP contribution in [0.4, 0.5) is 0 Å². The summed E-state index contributed by atoms with van der Waals surface area (Å²) in [5.74, 6) is 0.827. The van der Waals surface area contributed by atoms with Gasteiger partial charge in [-0.1, -0.05) is 32.0 Å². The Labute approximate surface area is 186 Å². The Hall–Kier alpha value is -3.68. The summed E-state index contributed by atoms with van der Waals surface area (Å²) in [6.07, 6.45) is 1.77. The van der Waals surface area contributed by atoms with E-state index in [0.717, 1.165) is 23.1 Å². The van der Waals surface area contributed by atoms with Crippen molar-refractivity contribution >= 4 is 22.4 Å². The first-order chi connectivity index (χ1) is 15.5. The second-order valence-electron chi connectivity index (χ2n) is 7.32. The summed E-state index contributed by atoms with van der Waals surface area (Å²) in [5.41, 5.74) is 3.80. The molecule has 3 rings (SSSR count). The molecule has 1 N–H and O–H groups in total. The number of aromatic nitrogens is 2. The number of nitrogens with one attached hydrogen (secondary N) is 1. The molecule has 0 fully saturated rings. The van der Waals surface area contributed by atoms with Gasteiger partial charge < -0.3 is 9.47 Å². The van der Waals surface area contributed by atoms with Gasteiger partial charge in [-0.05, 0) is 44.0 Å². The van der Waals surface area contributed by atoms with Crippen molar-refractivity contribution in [2.45, 2.75) is 33.6 Å². The number of benzene rings is 2.